The van der Waals surface area contributed by atoms with E-state index < -0.39 is 78.4 Å². The zero-order valence-electron chi connectivity index (χ0n) is 43.4. The molecule has 24 heteroatoms. The number of aryl methyl sites for hydroxylation is 2. The van der Waals surface area contributed by atoms with Crippen molar-refractivity contribution in [2.45, 2.75) is 63.4 Å². The molecule has 0 amide bonds. The molecule has 8 heterocycles. The van der Waals surface area contributed by atoms with Gasteiger partial charge in [0.15, 0.2) is 29.6 Å². The summed E-state index contributed by atoms with van der Waals surface area (Å²) in [6.45, 7) is -0.568. The Morgan fingerprint density at radius 3 is 1.46 bits per heavy atom. The summed E-state index contributed by atoms with van der Waals surface area (Å²) in [6, 6.07) is 26.1. The molecule has 9 aromatic rings. The number of phenols is 3. The lowest BCUT2D eigenvalue weighted by Crippen LogP contribution is -2.59. The van der Waals surface area contributed by atoms with Crippen molar-refractivity contribution in [3.63, 3.8) is 0 Å². The van der Waals surface area contributed by atoms with Crippen LogP contribution >= 0.6 is 0 Å². The van der Waals surface area contributed by atoms with E-state index in [1.807, 2.05) is 12.1 Å². The number of ether oxygens (including phenoxy) is 2. The molecule has 0 unspecified atom stereocenters. The lowest BCUT2D eigenvalue weighted by Gasteiger charge is -2.39. The number of aromatic amines is 2. The first kappa shape index (κ1) is 54.0. The number of aliphatic hydroxyl groups is 4. The summed E-state index contributed by atoms with van der Waals surface area (Å²) in [7, 11) is 0. The average molecular weight is 1130 g/mol. The second kappa shape index (κ2) is 22.4. The van der Waals surface area contributed by atoms with Crippen LogP contribution in [0.3, 0.4) is 0 Å². The first-order chi connectivity index (χ1) is 40.2. The number of benzene rings is 4. The molecule has 422 valence electrons. The van der Waals surface area contributed by atoms with E-state index in [1.54, 1.807) is 79.0 Å². The molecule has 20 nitrogen and oxygen atoms in total. The van der Waals surface area contributed by atoms with Crippen LogP contribution in [0.4, 0.5) is 23.2 Å². The monoisotopic (exact) mass is 1130 g/mol. The fourth-order valence-corrected chi connectivity index (χ4v) is 10.4. The molecule has 12 rings (SSSR count). The second-order valence-electron chi connectivity index (χ2n) is 19.8. The molecule has 0 aliphatic carbocycles. The maximum atomic E-state index is 17.1. The van der Waals surface area contributed by atoms with Crippen LogP contribution in [-0.4, -0.2) is 123 Å². The number of nitrogens with one attached hydrogen (secondary N) is 3. The van der Waals surface area contributed by atoms with E-state index >= 15 is 17.6 Å². The largest absolute Gasteiger partial charge is 0.508 e. The molecule has 1 fully saturated rings. The molecule has 0 saturated carbocycles. The number of rotatable bonds is 15. The van der Waals surface area contributed by atoms with E-state index in [1.165, 1.54) is 52.0 Å². The summed E-state index contributed by atoms with van der Waals surface area (Å²) in [5, 5.41) is 90.6. The molecule has 1 saturated heterocycles. The lowest BCUT2D eigenvalue weighted by molar-refractivity contribution is -0.304. The van der Waals surface area contributed by atoms with Crippen LogP contribution in [0.5, 0.6) is 17.2 Å². The Morgan fingerprint density at radius 1 is 0.542 bits per heavy atom. The molecule has 3 aliphatic heterocycles. The number of H-pyrrole nitrogens is 2. The lowest BCUT2D eigenvalue weighted by atomic mass is 9.99. The third-order valence-electron chi connectivity index (χ3n) is 14.3. The minimum Gasteiger partial charge on any atom is -0.508 e. The number of aromatic hydroxyl groups is 3. The van der Waals surface area contributed by atoms with Gasteiger partial charge in [0.25, 0.3) is 0 Å². The highest BCUT2D eigenvalue weighted by Crippen LogP contribution is 2.43. The van der Waals surface area contributed by atoms with Gasteiger partial charge in [-0.15, -0.1) is 10.2 Å². The van der Waals surface area contributed by atoms with Gasteiger partial charge in [0.05, 0.1) is 60.5 Å². The van der Waals surface area contributed by atoms with Crippen molar-refractivity contribution in [3.8, 4) is 61.8 Å². The zero-order chi connectivity index (χ0) is 57.6. The Labute approximate surface area is 467 Å². The number of fused-ring (bicyclic) bond motifs is 8. The number of phenolic OH excluding ortho intramolecular Hbond substituents is 3. The van der Waals surface area contributed by atoms with Gasteiger partial charge in [0.1, 0.15) is 58.7 Å². The van der Waals surface area contributed by atoms with Crippen LogP contribution in [0.1, 0.15) is 40.6 Å². The van der Waals surface area contributed by atoms with E-state index in [2.05, 4.69) is 35.9 Å². The topological polar surface area (TPSA) is 291 Å². The van der Waals surface area contributed by atoms with Crippen molar-refractivity contribution < 1.29 is 62.8 Å². The standard InChI is InChI=1S/C59H49F4N11O9/c60-51-50(52(61)54(63)55(53(51)62)64-24-32-25-73(71-69-32)19-4-20-74-26-33(70-72-74)28-82-59-58(81)57(80)56(79)45(27-75)83-59)49-43-17-15-41(67-43)47(30-6-2-9-35(77)22-30)39-13-11-37(65-39)46(29-5-1-8-34(76)21-29)38-12-14-40(66-38)48(42-16-18-44(49)68-42)31-7-3-10-36(78)23-31/h1-3,5-18,21-23,25-26,45,56-59,64-65,68,75-81H,4,19-20,24,27-28H2/t45-,56-,57+,58+,59+/m1/s1. The van der Waals surface area contributed by atoms with Crippen LogP contribution in [0.25, 0.3) is 90.9 Å². The maximum Gasteiger partial charge on any atom is 0.187 e. The molecule has 83 heavy (non-hydrogen) atoms. The summed E-state index contributed by atoms with van der Waals surface area (Å²) in [5.41, 5.74) is 3.44. The maximum absolute atomic E-state index is 17.1. The number of anilines is 1. The summed E-state index contributed by atoms with van der Waals surface area (Å²) in [6.07, 6.45) is 2.87. The van der Waals surface area contributed by atoms with Gasteiger partial charge < -0.3 is 60.5 Å². The number of hydrogen-bond acceptors (Lipinski definition) is 16. The Morgan fingerprint density at radius 2 is 0.988 bits per heavy atom. The van der Waals surface area contributed by atoms with Gasteiger partial charge in [-0.3, -0.25) is 9.36 Å². The van der Waals surface area contributed by atoms with Gasteiger partial charge in [0.2, 0.25) is 0 Å². The van der Waals surface area contributed by atoms with Gasteiger partial charge in [-0.25, -0.2) is 27.5 Å². The second-order valence-corrected chi connectivity index (χ2v) is 19.8. The fraction of sp³-hybridized carbons (Fsp3) is 0.186. The molecule has 0 radical (unpaired) electrons. The van der Waals surface area contributed by atoms with Crippen molar-refractivity contribution in [3.05, 3.63) is 167 Å². The first-order valence-corrected chi connectivity index (χ1v) is 26.0. The molecule has 0 spiro atoms. The van der Waals surface area contributed by atoms with Crippen molar-refractivity contribution in [1.82, 2.24) is 49.9 Å². The normalized spacial score (nSPS) is 17.6. The molecular weight excluding hydrogens is 1080 g/mol. The first-order valence-electron chi connectivity index (χ1n) is 26.0. The third kappa shape index (κ3) is 10.6. The van der Waals surface area contributed by atoms with Crippen LogP contribution in [0.15, 0.2) is 109 Å². The molecular formula is C59H49F4N11O9. The van der Waals surface area contributed by atoms with E-state index in [9.17, 15) is 35.7 Å². The number of hydrogen-bond donors (Lipinski definition) is 10. The van der Waals surface area contributed by atoms with Crippen molar-refractivity contribution in [2.24, 2.45) is 0 Å². The van der Waals surface area contributed by atoms with Gasteiger partial charge in [0, 0.05) is 57.4 Å². The molecule has 5 aromatic heterocycles. The van der Waals surface area contributed by atoms with Crippen molar-refractivity contribution in [1.29, 1.82) is 0 Å². The van der Waals surface area contributed by atoms with Crippen LogP contribution in [-0.2, 0) is 35.7 Å². The Kier molecular flexibility index (Phi) is 14.6. The van der Waals surface area contributed by atoms with Gasteiger partial charge in [-0.1, -0.05) is 46.8 Å². The van der Waals surface area contributed by atoms with E-state index in [4.69, 9.17) is 19.4 Å². The van der Waals surface area contributed by atoms with Crippen molar-refractivity contribution >= 4 is 52.1 Å². The smallest absolute Gasteiger partial charge is 0.187 e. The van der Waals surface area contributed by atoms with Crippen LogP contribution in [0, 0.1) is 23.3 Å². The Bertz CT molecular complexity index is 4140. The third-order valence-corrected chi connectivity index (χ3v) is 14.3. The average Bonchev–Trinajstić information content (AvgIpc) is 4.04. The number of aliphatic hydroxyl groups excluding tert-OH is 4. The fourth-order valence-electron chi connectivity index (χ4n) is 10.4. The molecule has 10 N–H and O–H groups in total. The number of aromatic nitrogens is 10. The highest BCUT2D eigenvalue weighted by Gasteiger charge is 2.44. The highest BCUT2D eigenvalue weighted by atomic mass is 19.2. The predicted octanol–water partition coefficient (Wildman–Crippen LogP) is 8.20. The quantitative estimate of drug-likeness (QED) is 0.0342. The molecule has 8 bridgehead atoms. The molecule has 5 atom stereocenters. The molecule has 3 aliphatic rings. The summed E-state index contributed by atoms with van der Waals surface area (Å²) in [4.78, 5) is 16.7. The summed E-state index contributed by atoms with van der Waals surface area (Å²) in [5.74, 6) is -7.08. The summed E-state index contributed by atoms with van der Waals surface area (Å²) >= 11 is 0. The Balaban J connectivity index is 0.888. The predicted molar refractivity (Wildman–Crippen MR) is 296 cm³/mol. The van der Waals surface area contributed by atoms with Gasteiger partial charge in [-0.2, -0.15) is 0 Å². The van der Waals surface area contributed by atoms with Crippen LogP contribution in [0.2, 0.25) is 0 Å². The zero-order valence-corrected chi connectivity index (χ0v) is 43.4. The SMILES string of the molecule is OC[C@H]1O[C@H](OCc2cn(CCCn3cc(CNc4c(F)c(F)c(-c5c6nc(c(-c7cccc(O)c7)c7ccc([nH]7)c(-c7cccc(O)c7)c7nc(c(-c8cccc(O)c8)c8ccc5[nH]8)C=C7)C=C6)c(F)c4F)nn3)nn2)[C@@H](O)[C@@H](O)[C@@H]1O. The summed E-state index contributed by atoms with van der Waals surface area (Å²) < 4.78 is 81.4. The van der Waals surface area contributed by atoms with Crippen molar-refractivity contribution in [2.75, 3.05) is 11.9 Å². The van der Waals surface area contributed by atoms with Gasteiger partial charge in [-0.05, 0) is 108 Å². The highest BCUT2D eigenvalue weighted by molar-refractivity contribution is 6.00. The Hall–Kier alpha value is -9.56. The van der Waals surface area contributed by atoms with E-state index in [0.29, 0.717) is 80.0 Å². The number of nitrogens with zero attached hydrogens (tertiary/aromatic N) is 8. The number of halogens is 4. The minimum absolute atomic E-state index is 0.00622. The molecule has 4 aromatic carbocycles. The van der Waals surface area contributed by atoms with Gasteiger partial charge >= 0.3 is 0 Å². The van der Waals surface area contributed by atoms with Crippen LogP contribution < -0.4 is 5.32 Å². The van der Waals surface area contributed by atoms with E-state index in [0.717, 1.165) is 0 Å². The van der Waals surface area contributed by atoms with E-state index in [-0.39, 0.29) is 58.6 Å². The minimum atomic E-state index is -1.74.